The minimum Gasteiger partial charge on any atom is -0.325 e. The predicted octanol–water partition coefficient (Wildman–Crippen LogP) is 4.43. The van der Waals surface area contributed by atoms with E-state index >= 15 is 0 Å². The van der Waals surface area contributed by atoms with Crippen LogP contribution in [0.4, 0.5) is 10.1 Å². The van der Waals surface area contributed by atoms with E-state index in [1.54, 1.807) is 6.08 Å². The van der Waals surface area contributed by atoms with Crippen LogP contribution in [0.25, 0.3) is 6.08 Å². The monoisotopic (exact) mass is 450 g/mol. The molecule has 1 fully saturated rings. The topological polar surface area (TPSA) is 49.4 Å². The maximum Gasteiger partial charge on any atom is 0.266 e. The summed E-state index contributed by atoms with van der Waals surface area (Å²) >= 11 is 9.77. The first-order valence-corrected chi connectivity index (χ1v) is 9.50. The first kappa shape index (κ1) is 18.8. The fraction of sp³-hybridized carbons (Fsp3) is 0.0556. The molecule has 0 radical (unpaired) electrons. The lowest BCUT2D eigenvalue weighted by Crippen LogP contribution is -2.36. The molecule has 0 unspecified atom stereocenters. The van der Waals surface area contributed by atoms with Crippen LogP contribution in [0.3, 0.4) is 0 Å². The Morgan fingerprint density at radius 1 is 1.27 bits per heavy atom. The van der Waals surface area contributed by atoms with E-state index in [2.05, 4.69) is 21.2 Å². The Balaban J connectivity index is 1.69. The second kappa shape index (κ2) is 8.11. The van der Waals surface area contributed by atoms with Crippen molar-refractivity contribution in [3.8, 4) is 0 Å². The van der Waals surface area contributed by atoms with E-state index in [9.17, 15) is 14.0 Å². The Labute approximate surface area is 167 Å². The van der Waals surface area contributed by atoms with Gasteiger partial charge in [0.15, 0.2) is 0 Å². The molecule has 1 saturated heterocycles. The number of thiocarbonyl (C=S) groups is 1. The Bertz CT molecular complexity index is 916. The van der Waals surface area contributed by atoms with Gasteiger partial charge in [0, 0.05) is 10.2 Å². The van der Waals surface area contributed by atoms with Gasteiger partial charge in [-0.1, -0.05) is 52.0 Å². The Kier molecular flexibility index (Phi) is 5.85. The van der Waals surface area contributed by atoms with Gasteiger partial charge in [-0.3, -0.25) is 14.5 Å². The largest absolute Gasteiger partial charge is 0.325 e. The van der Waals surface area contributed by atoms with Crippen molar-refractivity contribution in [1.29, 1.82) is 0 Å². The summed E-state index contributed by atoms with van der Waals surface area (Å²) in [5, 5.41) is 2.62. The lowest BCUT2D eigenvalue weighted by atomic mass is 10.2. The Hall–Kier alpha value is -2.03. The van der Waals surface area contributed by atoms with Gasteiger partial charge in [-0.05, 0) is 48.0 Å². The second-order valence-electron chi connectivity index (χ2n) is 5.38. The highest BCUT2D eigenvalue weighted by atomic mass is 79.9. The van der Waals surface area contributed by atoms with E-state index in [0.29, 0.717) is 14.9 Å². The van der Waals surface area contributed by atoms with Crippen molar-refractivity contribution in [2.75, 3.05) is 11.9 Å². The zero-order chi connectivity index (χ0) is 18.7. The Morgan fingerprint density at radius 2 is 2.00 bits per heavy atom. The van der Waals surface area contributed by atoms with Gasteiger partial charge in [-0.2, -0.15) is 0 Å². The smallest absolute Gasteiger partial charge is 0.266 e. The standard InChI is InChI=1S/C18H12BrFN2O2S2/c19-12-3-1-2-11(8-12)9-15-17(24)22(18(25)26-15)10-16(23)21-14-6-4-13(20)5-7-14/h1-9H,10H2,(H,21,23)/b15-9-. The van der Waals surface area contributed by atoms with Gasteiger partial charge in [-0.25, -0.2) is 4.39 Å². The molecular formula is C18H12BrFN2O2S2. The minimum absolute atomic E-state index is 0.197. The van der Waals surface area contributed by atoms with E-state index in [4.69, 9.17) is 12.2 Å². The number of hydrogen-bond acceptors (Lipinski definition) is 4. The summed E-state index contributed by atoms with van der Waals surface area (Å²) in [6, 6.07) is 12.9. The highest BCUT2D eigenvalue weighted by Crippen LogP contribution is 2.32. The van der Waals surface area contributed by atoms with E-state index in [0.717, 1.165) is 21.8 Å². The van der Waals surface area contributed by atoms with Crippen LogP contribution in [0.15, 0.2) is 57.9 Å². The van der Waals surface area contributed by atoms with Crippen molar-refractivity contribution in [1.82, 2.24) is 4.90 Å². The third-order valence-electron chi connectivity index (χ3n) is 3.45. The second-order valence-corrected chi connectivity index (χ2v) is 7.97. The first-order chi connectivity index (χ1) is 12.4. The Morgan fingerprint density at radius 3 is 2.69 bits per heavy atom. The van der Waals surface area contributed by atoms with E-state index in [-0.39, 0.29) is 12.5 Å². The summed E-state index contributed by atoms with van der Waals surface area (Å²) in [7, 11) is 0. The van der Waals surface area contributed by atoms with Crippen molar-refractivity contribution in [2.24, 2.45) is 0 Å². The number of amides is 2. The summed E-state index contributed by atoms with van der Waals surface area (Å²) in [4.78, 5) is 26.4. The van der Waals surface area contributed by atoms with Crippen molar-refractivity contribution < 1.29 is 14.0 Å². The van der Waals surface area contributed by atoms with Gasteiger partial charge in [0.25, 0.3) is 5.91 Å². The van der Waals surface area contributed by atoms with Gasteiger partial charge in [0.2, 0.25) is 5.91 Å². The lowest BCUT2D eigenvalue weighted by molar-refractivity contribution is -0.126. The third kappa shape index (κ3) is 4.57. The number of thioether (sulfide) groups is 1. The molecule has 2 amide bonds. The maximum atomic E-state index is 12.9. The van der Waals surface area contributed by atoms with Crippen LogP contribution in [0, 0.1) is 5.82 Å². The van der Waals surface area contributed by atoms with Crippen LogP contribution in [0.1, 0.15) is 5.56 Å². The molecule has 1 heterocycles. The van der Waals surface area contributed by atoms with Gasteiger partial charge in [-0.15, -0.1) is 0 Å². The molecule has 0 bridgehead atoms. The summed E-state index contributed by atoms with van der Waals surface area (Å²) in [6.07, 6.45) is 1.74. The molecule has 132 valence electrons. The molecule has 2 aromatic rings. The van der Waals surface area contributed by atoms with Crippen LogP contribution in [-0.4, -0.2) is 27.6 Å². The van der Waals surface area contributed by atoms with Crippen LogP contribution in [-0.2, 0) is 9.59 Å². The molecule has 4 nitrogen and oxygen atoms in total. The van der Waals surface area contributed by atoms with Crippen LogP contribution in [0.2, 0.25) is 0 Å². The van der Waals surface area contributed by atoms with Crippen molar-refractivity contribution in [3.05, 3.63) is 69.3 Å². The summed E-state index contributed by atoms with van der Waals surface area (Å²) < 4.78 is 14.1. The zero-order valence-electron chi connectivity index (χ0n) is 13.2. The van der Waals surface area contributed by atoms with Crippen LogP contribution in [0.5, 0.6) is 0 Å². The van der Waals surface area contributed by atoms with E-state index in [1.807, 2.05) is 24.3 Å². The number of nitrogens with one attached hydrogen (secondary N) is 1. The van der Waals surface area contributed by atoms with E-state index in [1.165, 1.54) is 29.2 Å². The molecule has 3 rings (SSSR count). The normalized spacial score (nSPS) is 15.6. The molecule has 8 heteroatoms. The number of nitrogens with zero attached hydrogens (tertiary/aromatic N) is 1. The molecule has 0 atom stereocenters. The number of halogens is 2. The fourth-order valence-corrected chi connectivity index (χ4v) is 3.93. The molecule has 0 saturated carbocycles. The SMILES string of the molecule is O=C(CN1C(=O)/C(=C/c2cccc(Br)c2)SC1=S)Nc1ccc(F)cc1. The highest BCUT2D eigenvalue weighted by Gasteiger charge is 2.33. The predicted molar refractivity (Wildman–Crippen MR) is 109 cm³/mol. The van der Waals surface area contributed by atoms with E-state index < -0.39 is 11.7 Å². The van der Waals surface area contributed by atoms with Crippen molar-refractivity contribution in [3.63, 3.8) is 0 Å². The maximum absolute atomic E-state index is 12.9. The molecule has 1 aliphatic heterocycles. The molecule has 0 aromatic heterocycles. The highest BCUT2D eigenvalue weighted by molar-refractivity contribution is 9.10. The van der Waals surface area contributed by atoms with Gasteiger partial charge >= 0.3 is 0 Å². The molecule has 26 heavy (non-hydrogen) atoms. The molecular weight excluding hydrogens is 439 g/mol. The van der Waals surface area contributed by atoms with Gasteiger partial charge < -0.3 is 5.32 Å². The average molecular weight is 451 g/mol. The number of hydrogen-bond donors (Lipinski definition) is 1. The number of anilines is 1. The summed E-state index contributed by atoms with van der Waals surface area (Å²) in [5.74, 6) is -1.11. The summed E-state index contributed by atoms with van der Waals surface area (Å²) in [5.41, 5.74) is 1.31. The van der Waals surface area contributed by atoms with Gasteiger partial charge in [0.05, 0.1) is 4.91 Å². The van der Waals surface area contributed by atoms with Crippen molar-refractivity contribution in [2.45, 2.75) is 0 Å². The first-order valence-electron chi connectivity index (χ1n) is 7.49. The van der Waals surface area contributed by atoms with Crippen molar-refractivity contribution >= 4 is 67.8 Å². The summed E-state index contributed by atoms with van der Waals surface area (Å²) in [6.45, 7) is -0.197. The average Bonchev–Trinajstić information content (AvgIpc) is 2.84. The third-order valence-corrected chi connectivity index (χ3v) is 5.32. The number of rotatable bonds is 4. The molecule has 2 aromatic carbocycles. The lowest BCUT2D eigenvalue weighted by Gasteiger charge is -2.14. The number of carbonyl (C=O) groups is 2. The molecule has 1 aliphatic rings. The number of benzene rings is 2. The molecule has 0 spiro atoms. The van der Waals surface area contributed by atoms with Crippen LogP contribution < -0.4 is 5.32 Å². The van der Waals surface area contributed by atoms with Crippen LogP contribution >= 0.6 is 39.9 Å². The number of carbonyl (C=O) groups excluding carboxylic acids is 2. The zero-order valence-corrected chi connectivity index (χ0v) is 16.5. The molecule has 1 N–H and O–H groups in total. The fourth-order valence-electron chi connectivity index (χ4n) is 2.26. The van der Waals surface area contributed by atoms with Gasteiger partial charge in [0.1, 0.15) is 16.7 Å². The molecule has 0 aliphatic carbocycles. The quantitative estimate of drug-likeness (QED) is 0.552. The minimum atomic E-state index is -0.406.